The molecule has 2 amide bonds. The Bertz CT molecular complexity index is 696. The van der Waals surface area contributed by atoms with Crippen molar-refractivity contribution in [3.05, 3.63) is 65.5 Å². The number of hydrogen-bond donors (Lipinski definition) is 2. The molecule has 0 atom stereocenters. The van der Waals surface area contributed by atoms with Gasteiger partial charge in [-0.3, -0.25) is 9.59 Å². The molecule has 2 N–H and O–H groups in total. The van der Waals surface area contributed by atoms with E-state index in [-0.39, 0.29) is 23.3 Å². The molecule has 0 saturated carbocycles. The summed E-state index contributed by atoms with van der Waals surface area (Å²) in [4.78, 5) is 23.5. The number of carbonyl (C=O) groups is 2. The second-order valence-electron chi connectivity index (χ2n) is 5.53. The smallest absolute Gasteiger partial charge is 0.251 e. The topological polar surface area (TPSA) is 58.2 Å². The van der Waals surface area contributed by atoms with Gasteiger partial charge in [-0.1, -0.05) is 32.0 Å². The van der Waals surface area contributed by atoms with Crippen LogP contribution in [0.4, 0.5) is 10.1 Å². The highest BCUT2D eigenvalue weighted by Crippen LogP contribution is 2.11. The van der Waals surface area contributed by atoms with Crippen LogP contribution in [-0.2, 0) is 11.3 Å². The molecule has 5 heteroatoms. The molecule has 120 valence electrons. The van der Waals surface area contributed by atoms with E-state index in [1.165, 1.54) is 18.2 Å². The van der Waals surface area contributed by atoms with Gasteiger partial charge in [-0.25, -0.2) is 4.39 Å². The Morgan fingerprint density at radius 2 is 1.78 bits per heavy atom. The van der Waals surface area contributed by atoms with Crippen LogP contribution in [0, 0.1) is 11.7 Å². The first kappa shape index (κ1) is 16.7. The largest absolute Gasteiger partial charge is 0.348 e. The number of carbonyl (C=O) groups excluding carboxylic acids is 2. The maximum Gasteiger partial charge on any atom is 0.251 e. The highest BCUT2D eigenvalue weighted by Gasteiger charge is 2.08. The first-order valence-electron chi connectivity index (χ1n) is 7.39. The Hall–Kier alpha value is -2.69. The van der Waals surface area contributed by atoms with Crippen LogP contribution in [0.1, 0.15) is 29.8 Å². The molecule has 0 aliphatic rings. The van der Waals surface area contributed by atoms with E-state index in [9.17, 15) is 14.0 Å². The van der Waals surface area contributed by atoms with Crippen LogP contribution in [-0.4, -0.2) is 11.8 Å². The molecule has 0 aliphatic heterocycles. The van der Waals surface area contributed by atoms with Crippen molar-refractivity contribution in [3.63, 3.8) is 0 Å². The monoisotopic (exact) mass is 314 g/mol. The van der Waals surface area contributed by atoms with Crippen LogP contribution >= 0.6 is 0 Å². The first-order valence-corrected chi connectivity index (χ1v) is 7.39. The molecule has 2 aromatic carbocycles. The zero-order valence-electron chi connectivity index (χ0n) is 13.1. The first-order chi connectivity index (χ1) is 11.0. The SMILES string of the molecule is CC(C)C(=O)Nc1ccc(CNC(=O)c2cccc(F)c2)cc1. The Kier molecular flexibility index (Phi) is 5.46. The maximum absolute atomic E-state index is 13.1. The predicted molar refractivity (Wildman–Crippen MR) is 87.5 cm³/mol. The third kappa shape index (κ3) is 4.92. The summed E-state index contributed by atoms with van der Waals surface area (Å²) in [6, 6.07) is 12.7. The Morgan fingerprint density at radius 1 is 1.09 bits per heavy atom. The van der Waals surface area contributed by atoms with Crippen LogP contribution in [0.15, 0.2) is 48.5 Å². The highest BCUT2D eigenvalue weighted by atomic mass is 19.1. The molecule has 0 aromatic heterocycles. The lowest BCUT2D eigenvalue weighted by Crippen LogP contribution is -2.23. The lowest BCUT2D eigenvalue weighted by molar-refractivity contribution is -0.118. The van der Waals surface area contributed by atoms with E-state index in [1.807, 2.05) is 26.0 Å². The summed E-state index contributed by atoms with van der Waals surface area (Å²) in [5, 5.41) is 5.53. The van der Waals surface area contributed by atoms with Crippen molar-refractivity contribution in [1.82, 2.24) is 5.32 Å². The minimum Gasteiger partial charge on any atom is -0.348 e. The minimum atomic E-state index is -0.442. The summed E-state index contributed by atoms with van der Waals surface area (Å²) in [6.07, 6.45) is 0. The number of benzene rings is 2. The summed E-state index contributed by atoms with van der Waals surface area (Å²) in [6.45, 7) is 3.98. The van der Waals surface area contributed by atoms with Crippen LogP contribution in [0.3, 0.4) is 0 Å². The van der Waals surface area contributed by atoms with Crippen molar-refractivity contribution in [2.45, 2.75) is 20.4 Å². The van der Waals surface area contributed by atoms with Gasteiger partial charge in [0.15, 0.2) is 0 Å². The van der Waals surface area contributed by atoms with Crippen LogP contribution < -0.4 is 10.6 Å². The molecule has 2 aromatic rings. The number of rotatable bonds is 5. The molecular formula is C18H19FN2O2. The minimum absolute atomic E-state index is 0.0443. The van der Waals surface area contributed by atoms with Crippen molar-refractivity contribution >= 4 is 17.5 Å². The van der Waals surface area contributed by atoms with Crippen molar-refractivity contribution in [1.29, 1.82) is 0 Å². The Morgan fingerprint density at radius 3 is 2.39 bits per heavy atom. The quantitative estimate of drug-likeness (QED) is 0.889. The number of anilines is 1. The fourth-order valence-corrected chi connectivity index (χ4v) is 1.91. The number of nitrogens with one attached hydrogen (secondary N) is 2. The lowest BCUT2D eigenvalue weighted by atomic mass is 10.1. The van der Waals surface area contributed by atoms with Gasteiger partial charge in [0.05, 0.1) is 0 Å². The highest BCUT2D eigenvalue weighted by molar-refractivity contribution is 5.94. The van der Waals surface area contributed by atoms with Gasteiger partial charge in [0.25, 0.3) is 5.91 Å². The molecule has 0 aliphatic carbocycles. The predicted octanol–water partition coefficient (Wildman–Crippen LogP) is 3.35. The molecule has 0 radical (unpaired) electrons. The van der Waals surface area contributed by atoms with E-state index in [0.717, 1.165) is 5.56 Å². The second kappa shape index (κ2) is 7.54. The average molecular weight is 314 g/mol. The zero-order valence-corrected chi connectivity index (χ0v) is 13.1. The molecular weight excluding hydrogens is 295 g/mol. The third-order valence-electron chi connectivity index (χ3n) is 3.29. The molecule has 0 bridgehead atoms. The van der Waals surface area contributed by atoms with Gasteiger partial charge in [-0.05, 0) is 35.9 Å². The zero-order chi connectivity index (χ0) is 16.8. The second-order valence-corrected chi connectivity index (χ2v) is 5.53. The van der Waals surface area contributed by atoms with Gasteiger partial charge < -0.3 is 10.6 Å². The molecule has 0 fully saturated rings. The molecule has 0 heterocycles. The Labute approximate surface area is 134 Å². The normalized spacial score (nSPS) is 10.4. The van der Waals surface area contributed by atoms with Gasteiger partial charge in [0.1, 0.15) is 5.82 Å². The van der Waals surface area contributed by atoms with Crippen LogP contribution in [0.2, 0.25) is 0 Å². The summed E-state index contributed by atoms with van der Waals surface area (Å²) >= 11 is 0. The number of halogens is 1. The van der Waals surface area contributed by atoms with Crippen molar-refractivity contribution in [3.8, 4) is 0 Å². The van der Waals surface area contributed by atoms with E-state index in [4.69, 9.17) is 0 Å². The number of hydrogen-bond acceptors (Lipinski definition) is 2. The average Bonchev–Trinajstić information content (AvgIpc) is 2.53. The van der Waals surface area contributed by atoms with E-state index in [2.05, 4.69) is 10.6 Å². The molecule has 23 heavy (non-hydrogen) atoms. The van der Waals surface area contributed by atoms with Crippen LogP contribution in [0.25, 0.3) is 0 Å². The van der Waals surface area contributed by atoms with Crippen molar-refractivity contribution < 1.29 is 14.0 Å². The lowest BCUT2D eigenvalue weighted by Gasteiger charge is -2.09. The van der Waals surface area contributed by atoms with Crippen molar-refractivity contribution in [2.24, 2.45) is 5.92 Å². The van der Waals surface area contributed by atoms with E-state index >= 15 is 0 Å². The molecule has 0 spiro atoms. The van der Waals surface area contributed by atoms with Gasteiger partial charge in [-0.15, -0.1) is 0 Å². The fourth-order valence-electron chi connectivity index (χ4n) is 1.91. The summed E-state index contributed by atoms with van der Waals surface area (Å²) in [7, 11) is 0. The van der Waals surface area contributed by atoms with Crippen LogP contribution in [0.5, 0.6) is 0 Å². The fraction of sp³-hybridized carbons (Fsp3) is 0.222. The summed E-state index contributed by atoms with van der Waals surface area (Å²) in [5.41, 5.74) is 1.88. The Balaban J connectivity index is 1.91. The molecule has 0 unspecified atom stereocenters. The molecule has 4 nitrogen and oxygen atoms in total. The van der Waals surface area contributed by atoms with Gasteiger partial charge in [0.2, 0.25) is 5.91 Å². The number of amides is 2. The van der Waals surface area contributed by atoms with E-state index in [0.29, 0.717) is 12.2 Å². The standard InChI is InChI=1S/C18H19FN2O2/c1-12(2)17(22)21-16-8-6-13(7-9-16)11-20-18(23)14-4-3-5-15(19)10-14/h3-10,12H,11H2,1-2H3,(H,20,23)(H,21,22). The molecule has 0 saturated heterocycles. The molecule has 2 rings (SSSR count). The summed E-state index contributed by atoms with van der Waals surface area (Å²) in [5.74, 6) is -0.901. The van der Waals surface area contributed by atoms with Gasteiger partial charge >= 0.3 is 0 Å². The van der Waals surface area contributed by atoms with Gasteiger partial charge in [0, 0.05) is 23.7 Å². The third-order valence-corrected chi connectivity index (χ3v) is 3.29. The van der Waals surface area contributed by atoms with Gasteiger partial charge in [-0.2, -0.15) is 0 Å². The summed E-state index contributed by atoms with van der Waals surface area (Å²) < 4.78 is 13.1. The maximum atomic E-state index is 13.1. The van der Waals surface area contributed by atoms with Crippen molar-refractivity contribution in [2.75, 3.05) is 5.32 Å². The van der Waals surface area contributed by atoms with E-state index in [1.54, 1.807) is 18.2 Å². The van der Waals surface area contributed by atoms with E-state index < -0.39 is 5.82 Å².